The standard InChI is InChI=1S/C30H30N2O6/c1-4-5-6-15-36-21-10-7-19(8-11-21)30(33)37-22-12-13-23-26(17-22)38-29(32)24(18-31)28(23)20-9-14-25(34-2)27(16-20)35-3/h7-14,16-17,28H,4-6,15,32H2,1-3H3. The molecule has 1 heterocycles. The van der Waals surface area contributed by atoms with Crippen molar-refractivity contribution in [2.24, 2.45) is 5.73 Å². The molecule has 1 atom stereocenters. The molecule has 0 fully saturated rings. The summed E-state index contributed by atoms with van der Waals surface area (Å²) in [7, 11) is 3.10. The summed E-state index contributed by atoms with van der Waals surface area (Å²) in [4.78, 5) is 12.8. The van der Waals surface area contributed by atoms with Crippen LogP contribution in [0.1, 0.15) is 53.6 Å². The number of hydrogen-bond acceptors (Lipinski definition) is 8. The third kappa shape index (κ3) is 5.68. The van der Waals surface area contributed by atoms with Gasteiger partial charge in [0.15, 0.2) is 11.5 Å². The number of carbonyl (C=O) groups is 1. The zero-order chi connectivity index (χ0) is 27.1. The monoisotopic (exact) mass is 514 g/mol. The topological polar surface area (TPSA) is 113 Å². The van der Waals surface area contributed by atoms with E-state index in [9.17, 15) is 10.1 Å². The maximum atomic E-state index is 12.8. The number of benzene rings is 3. The van der Waals surface area contributed by atoms with E-state index in [4.69, 9.17) is 29.4 Å². The summed E-state index contributed by atoms with van der Waals surface area (Å²) in [5, 5.41) is 9.83. The minimum absolute atomic E-state index is 0.0159. The normalized spacial score (nSPS) is 14.1. The fourth-order valence-corrected chi connectivity index (χ4v) is 4.27. The fourth-order valence-electron chi connectivity index (χ4n) is 4.27. The van der Waals surface area contributed by atoms with Crippen LogP contribution < -0.4 is 29.4 Å². The average Bonchev–Trinajstić information content (AvgIpc) is 2.94. The zero-order valence-electron chi connectivity index (χ0n) is 21.7. The van der Waals surface area contributed by atoms with Crippen LogP contribution in [0.25, 0.3) is 0 Å². The molecule has 0 saturated carbocycles. The lowest BCUT2D eigenvalue weighted by Gasteiger charge is -2.27. The smallest absolute Gasteiger partial charge is 0.343 e. The van der Waals surface area contributed by atoms with E-state index in [1.54, 1.807) is 68.8 Å². The van der Waals surface area contributed by atoms with Gasteiger partial charge in [-0.15, -0.1) is 0 Å². The maximum Gasteiger partial charge on any atom is 0.343 e. The van der Waals surface area contributed by atoms with Gasteiger partial charge in [-0.25, -0.2) is 4.79 Å². The Labute approximate surface area is 222 Å². The third-order valence-corrected chi connectivity index (χ3v) is 6.25. The summed E-state index contributed by atoms with van der Waals surface area (Å²) in [5.41, 5.74) is 8.26. The second-order valence-corrected chi connectivity index (χ2v) is 8.71. The Morgan fingerprint density at radius 2 is 1.71 bits per heavy atom. The molecule has 0 radical (unpaired) electrons. The van der Waals surface area contributed by atoms with Gasteiger partial charge in [-0.05, 0) is 54.4 Å². The van der Waals surface area contributed by atoms with Crippen LogP contribution in [0.5, 0.6) is 28.7 Å². The lowest BCUT2D eigenvalue weighted by molar-refractivity contribution is 0.0734. The van der Waals surface area contributed by atoms with Gasteiger partial charge in [-0.1, -0.05) is 31.9 Å². The number of nitrogens with zero attached hydrogens (tertiary/aromatic N) is 1. The maximum absolute atomic E-state index is 12.8. The quantitative estimate of drug-likeness (QED) is 0.208. The van der Waals surface area contributed by atoms with Crippen molar-refractivity contribution in [1.29, 1.82) is 5.26 Å². The lowest BCUT2D eigenvalue weighted by Crippen LogP contribution is -2.21. The molecule has 0 spiro atoms. The number of carbonyl (C=O) groups excluding carboxylic acids is 1. The fraction of sp³-hybridized carbons (Fsp3) is 0.267. The molecule has 8 nitrogen and oxygen atoms in total. The number of allylic oxidation sites excluding steroid dienone is 1. The molecule has 0 bridgehead atoms. The molecule has 38 heavy (non-hydrogen) atoms. The van der Waals surface area contributed by atoms with Crippen LogP contribution in [0.3, 0.4) is 0 Å². The van der Waals surface area contributed by atoms with Crippen LogP contribution in [0.4, 0.5) is 0 Å². The summed E-state index contributed by atoms with van der Waals surface area (Å²) < 4.78 is 27.8. The number of ether oxygens (including phenoxy) is 5. The van der Waals surface area contributed by atoms with Crippen LogP contribution >= 0.6 is 0 Å². The molecule has 196 valence electrons. The highest BCUT2D eigenvalue weighted by Crippen LogP contribution is 2.45. The van der Waals surface area contributed by atoms with Crippen molar-refractivity contribution < 1.29 is 28.5 Å². The summed E-state index contributed by atoms with van der Waals surface area (Å²) in [5.74, 6) is 1.44. The van der Waals surface area contributed by atoms with Gasteiger partial charge in [0.25, 0.3) is 0 Å². The predicted molar refractivity (Wildman–Crippen MR) is 142 cm³/mol. The van der Waals surface area contributed by atoms with E-state index in [0.29, 0.717) is 40.7 Å². The molecule has 1 aliphatic heterocycles. The first-order valence-electron chi connectivity index (χ1n) is 12.4. The number of hydrogen-bond donors (Lipinski definition) is 1. The van der Waals surface area contributed by atoms with Crippen molar-refractivity contribution in [1.82, 2.24) is 0 Å². The van der Waals surface area contributed by atoms with E-state index in [2.05, 4.69) is 13.0 Å². The Morgan fingerprint density at radius 3 is 2.39 bits per heavy atom. The van der Waals surface area contributed by atoms with Crippen LogP contribution in [-0.2, 0) is 0 Å². The molecule has 3 aromatic carbocycles. The molecule has 2 N–H and O–H groups in total. The molecule has 4 rings (SSSR count). The van der Waals surface area contributed by atoms with Gasteiger partial charge in [0.2, 0.25) is 5.88 Å². The van der Waals surface area contributed by atoms with Crippen LogP contribution in [0.15, 0.2) is 72.1 Å². The largest absolute Gasteiger partial charge is 0.494 e. The number of unbranched alkanes of at least 4 members (excludes halogenated alkanes) is 2. The minimum atomic E-state index is -0.518. The molecule has 8 heteroatoms. The van der Waals surface area contributed by atoms with Crippen molar-refractivity contribution in [3.8, 4) is 34.8 Å². The summed E-state index contributed by atoms with van der Waals surface area (Å²) >= 11 is 0. The molecule has 0 aromatic heterocycles. The molecule has 0 aliphatic carbocycles. The first-order chi connectivity index (χ1) is 18.5. The lowest BCUT2D eigenvalue weighted by atomic mass is 9.83. The van der Waals surface area contributed by atoms with E-state index in [1.165, 1.54) is 0 Å². The molecular weight excluding hydrogens is 484 g/mol. The minimum Gasteiger partial charge on any atom is -0.494 e. The van der Waals surface area contributed by atoms with Crippen molar-refractivity contribution in [3.05, 3.63) is 88.8 Å². The van der Waals surface area contributed by atoms with Crippen molar-refractivity contribution in [2.75, 3.05) is 20.8 Å². The highest BCUT2D eigenvalue weighted by atomic mass is 16.5. The van der Waals surface area contributed by atoms with Gasteiger partial charge in [0.05, 0.1) is 32.3 Å². The van der Waals surface area contributed by atoms with E-state index in [0.717, 1.165) is 24.8 Å². The Hall–Kier alpha value is -4.64. The molecule has 1 unspecified atom stereocenters. The van der Waals surface area contributed by atoms with Crippen LogP contribution in [0.2, 0.25) is 0 Å². The second-order valence-electron chi connectivity index (χ2n) is 8.71. The number of nitrogens with two attached hydrogens (primary N) is 1. The highest BCUT2D eigenvalue weighted by Gasteiger charge is 2.31. The Kier molecular flexibility index (Phi) is 8.39. The SMILES string of the molecule is CCCCCOc1ccc(C(=O)Oc2ccc3c(c2)OC(N)=C(C#N)C3c2ccc(OC)c(OC)c2)cc1. The van der Waals surface area contributed by atoms with Gasteiger partial charge < -0.3 is 29.4 Å². The van der Waals surface area contributed by atoms with Gasteiger partial charge in [0.1, 0.15) is 28.9 Å². The number of esters is 1. The summed E-state index contributed by atoms with van der Waals surface area (Å²) in [6.45, 7) is 2.78. The van der Waals surface area contributed by atoms with Gasteiger partial charge >= 0.3 is 5.97 Å². The molecule has 1 aliphatic rings. The highest BCUT2D eigenvalue weighted by molar-refractivity contribution is 5.91. The van der Waals surface area contributed by atoms with E-state index in [1.807, 2.05) is 6.07 Å². The van der Waals surface area contributed by atoms with Crippen molar-refractivity contribution in [3.63, 3.8) is 0 Å². The van der Waals surface area contributed by atoms with Gasteiger partial charge in [-0.2, -0.15) is 5.26 Å². The van der Waals surface area contributed by atoms with Crippen LogP contribution in [0, 0.1) is 11.3 Å². The first kappa shape index (κ1) is 26.4. The number of fused-ring (bicyclic) bond motifs is 1. The summed E-state index contributed by atoms with van der Waals surface area (Å²) in [6, 6.07) is 19.4. The molecule has 0 saturated heterocycles. The number of methoxy groups -OCH3 is 2. The second kappa shape index (κ2) is 12.1. The number of rotatable bonds is 10. The van der Waals surface area contributed by atoms with E-state index >= 15 is 0 Å². The molecule has 0 amide bonds. The Bertz CT molecular complexity index is 1370. The van der Waals surface area contributed by atoms with Crippen molar-refractivity contribution in [2.45, 2.75) is 32.1 Å². The van der Waals surface area contributed by atoms with Crippen molar-refractivity contribution >= 4 is 5.97 Å². The Balaban J connectivity index is 1.55. The predicted octanol–water partition coefficient (Wildman–Crippen LogP) is 5.71. The first-order valence-corrected chi connectivity index (χ1v) is 12.4. The summed E-state index contributed by atoms with van der Waals surface area (Å²) in [6.07, 6.45) is 3.23. The average molecular weight is 515 g/mol. The zero-order valence-corrected chi connectivity index (χ0v) is 21.7. The molecular formula is C30H30N2O6. The van der Waals surface area contributed by atoms with Gasteiger partial charge in [-0.3, -0.25) is 0 Å². The van der Waals surface area contributed by atoms with E-state index in [-0.39, 0.29) is 17.2 Å². The molecule has 3 aromatic rings. The van der Waals surface area contributed by atoms with Crippen LogP contribution in [-0.4, -0.2) is 26.8 Å². The number of nitriles is 1. The Morgan fingerprint density at radius 1 is 0.974 bits per heavy atom. The van der Waals surface area contributed by atoms with E-state index < -0.39 is 11.9 Å². The third-order valence-electron chi connectivity index (χ3n) is 6.25. The van der Waals surface area contributed by atoms with Gasteiger partial charge in [0, 0.05) is 11.6 Å².